The molecule has 156 valence electrons. The van der Waals surface area contributed by atoms with Crippen molar-refractivity contribution in [3.8, 4) is 11.5 Å². The van der Waals surface area contributed by atoms with Crippen molar-refractivity contribution in [1.82, 2.24) is 10.2 Å². The Hall–Kier alpha value is -2.73. The lowest BCUT2D eigenvalue weighted by Crippen LogP contribution is -2.36. The molecule has 1 amide bonds. The Balaban J connectivity index is 1.75. The van der Waals surface area contributed by atoms with Crippen LogP contribution < -0.4 is 19.7 Å². The second-order valence-electron chi connectivity index (χ2n) is 7.56. The lowest BCUT2D eigenvalue weighted by molar-refractivity contribution is 0.0937. The lowest BCUT2D eigenvalue weighted by Gasteiger charge is -2.28. The maximum Gasteiger partial charge on any atom is 0.251 e. The summed E-state index contributed by atoms with van der Waals surface area (Å²) in [5.41, 5.74) is 2.92. The Morgan fingerprint density at radius 2 is 1.62 bits per heavy atom. The van der Waals surface area contributed by atoms with E-state index in [0.29, 0.717) is 23.6 Å². The first kappa shape index (κ1) is 21.0. The molecule has 1 fully saturated rings. The molecule has 1 heterocycles. The fourth-order valence-electron chi connectivity index (χ4n) is 3.74. The first-order valence-electron chi connectivity index (χ1n) is 10.0. The number of anilines is 1. The summed E-state index contributed by atoms with van der Waals surface area (Å²) in [6, 6.07) is 14.0. The summed E-state index contributed by atoms with van der Waals surface area (Å²) in [5, 5.41) is 3.11. The minimum absolute atomic E-state index is 0.128. The number of carbonyl (C=O) groups excluding carboxylic acids is 1. The molecule has 3 rings (SSSR count). The molecule has 0 aliphatic carbocycles. The smallest absolute Gasteiger partial charge is 0.251 e. The van der Waals surface area contributed by atoms with E-state index in [-0.39, 0.29) is 11.9 Å². The van der Waals surface area contributed by atoms with E-state index in [1.807, 2.05) is 14.1 Å². The zero-order chi connectivity index (χ0) is 20.8. The second kappa shape index (κ2) is 9.65. The number of ether oxygens (including phenoxy) is 2. The van der Waals surface area contributed by atoms with E-state index in [1.165, 1.54) is 24.1 Å². The van der Waals surface area contributed by atoms with Gasteiger partial charge in [-0.3, -0.25) is 9.69 Å². The van der Waals surface area contributed by atoms with Gasteiger partial charge in [0.05, 0.1) is 20.3 Å². The standard InChI is InChI=1S/C23H31N3O3/c1-25(2)19-9-7-17(8-10-19)22(26-11-5-6-12-26)16-24-23(27)18-13-20(28-3)15-21(14-18)29-4/h7-10,13-15,22H,5-6,11-12,16H2,1-4H3,(H,24,27)/t22-/m1/s1. The van der Waals surface area contributed by atoms with Crippen LogP contribution in [0.5, 0.6) is 11.5 Å². The lowest BCUT2D eigenvalue weighted by atomic mass is 10.0. The molecule has 1 atom stereocenters. The minimum atomic E-state index is -0.128. The summed E-state index contributed by atoms with van der Waals surface area (Å²) >= 11 is 0. The van der Waals surface area contributed by atoms with E-state index in [2.05, 4.69) is 39.4 Å². The fourth-order valence-corrected chi connectivity index (χ4v) is 3.74. The predicted molar refractivity (Wildman–Crippen MR) is 116 cm³/mol. The molecule has 6 nitrogen and oxygen atoms in total. The fraction of sp³-hybridized carbons (Fsp3) is 0.435. The predicted octanol–water partition coefficient (Wildman–Crippen LogP) is 3.34. The maximum atomic E-state index is 12.8. The summed E-state index contributed by atoms with van der Waals surface area (Å²) in [4.78, 5) is 17.4. The van der Waals surface area contributed by atoms with Crippen LogP contribution in [0.15, 0.2) is 42.5 Å². The molecule has 0 saturated carbocycles. The highest BCUT2D eigenvalue weighted by atomic mass is 16.5. The topological polar surface area (TPSA) is 54.0 Å². The molecule has 0 spiro atoms. The molecule has 1 N–H and O–H groups in total. The summed E-state index contributed by atoms with van der Waals surface area (Å²) in [6.45, 7) is 2.67. The molecule has 1 aliphatic rings. The molecular formula is C23H31N3O3. The third-order valence-electron chi connectivity index (χ3n) is 5.45. The van der Waals surface area contributed by atoms with Gasteiger partial charge in [-0.2, -0.15) is 0 Å². The third-order valence-corrected chi connectivity index (χ3v) is 5.45. The molecule has 0 unspecified atom stereocenters. The van der Waals surface area contributed by atoms with Crippen LogP contribution in [0.1, 0.15) is 34.8 Å². The van der Waals surface area contributed by atoms with Gasteiger partial charge in [0.2, 0.25) is 0 Å². The second-order valence-corrected chi connectivity index (χ2v) is 7.56. The van der Waals surface area contributed by atoms with E-state index in [1.54, 1.807) is 32.4 Å². The van der Waals surface area contributed by atoms with Crippen molar-refractivity contribution in [3.05, 3.63) is 53.6 Å². The van der Waals surface area contributed by atoms with Crippen LogP contribution in [-0.2, 0) is 0 Å². The van der Waals surface area contributed by atoms with Crippen molar-refractivity contribution in [2.45, 2.75) is 18.9 Å². The van der Waals surface area contributed by atoms with Gasteiger partial charge in [-0.25, -0.2) is 0 Å². The Bertz CT molecular complexity index is 792. The molecule has 1 saturated heterocycles. The summed E-state index contributed by atoms with van der Waals surface area (Å²) in [7, 11) is 7.24. The number of hydrogen-bond acceptors (Lipinski definition) is 5. The van der Waals surface area contributed by atoms with Gasteiger partial charge in [0.25, 0.3) is 5.91 Å². The Morgan fingerprint density at radius 1 is 1.03 bits per heavy atom. The maximum absolute atomic E-state index is 12.8. The summed E-state index contributed by atoms with van der Waals surface area (Å²) in [6.07, 6.45) is 2.40. The Morgan fingerprint density at radius 3 is 2.14 bits per heavy atom. The van der Waals surface area contributed by atoms with Crippen molar-refractivity contribution in [2.24, 2.45) is 0 Å². The van der Waals surface area contributed by atoms with Gasteiger partial charge in [0.15, 0.2) is 0 Å². The van der Waals surface area contributed by atoms with Crippen molar-refractivity contribution < 1.29 is 14.3 Å². The molecule has 0 bridgehead atoms. The number of carbonyl (C=O) groups is 1. The van der Waals surface area contributed by atoms with Crippen LogP contribution in [-0.4, -0.2) is 58.8 Å². The molecular weight excluding hydrogens is 366 g/mol. The van der Waals surface area contributed by atoms with Gasteiger partial charge in [0, 0.05) is 38.0 Å². The van der Waals surface area contributed by atoms with Crippen LogP contribution in [0.3, 0.4) is 0 Å². The van der Waals surface area contributed by atoms with Crippen molar-refractivity contribution >= 4 is 11.6 Å². The molecule has 1 aliphatic heterocycles. The monoisotopic (exact) mass is 397 g/mol. The Labute approximate surface area is 173 Å². The zero-order valence-corrected chi connectivity index (χ0v) is 17.8. The summed E-state index contributed by atoms with van der Waals surface area (Å²) < 4.78 is 10.6. The van der Waals surface area contributed by atoms with Crippen molar-refractivity contribution in [3.63, 3.8) is 0 Å². The minimum Gasteiger partial charge on any atom is -0.497 e. The van der Waals surface area contributed by atoms with Gasteiger partial charge in [-0.05, 0) is 55.8 Å². The van der Waals surface area contributed by atoms with E-state index < -0.39 is 0 Å². The number of benzene rings is 2. The number of rotatable bonds is 8. The largest absolute Gasteiger partial charge is 0.497 e. The average molecular weight is 398 g/mol. The van der Waals surface area contributed by atoms with E-state index in [4.69, 9.17) is 9.47 Å². The molecule has 6 heteroatoms. The van der Waals surface area contributed by atoms with Crippen LogP contribution in [0.2, 0.25) is 0 Å². The quantitative estimate of drug-likeness (QED) is 0.740. The highest BCUT2D eigenvalue weighted by Crippen LogP contribution is 2.27. The van der Waals surface area contributed by atoms with Crippen molar-refractivity contribution in [1.29, 1.82) is 0 Å². The molecule has 0 aromatic heterocycles. The zero-order valence-electron chi connectivity index (χ0n) is 17.8. The number of methoxy groups -OCH3 is 2. The third kappa shape index (κ3) is 5.21. The molecule has 2 aromatic carbocycles. The highest BCUT2D eigenvalue weighted by molar-refractivity contribution is 5.95. The van der Waals surface area contributed by atoms with Gasteiger partial charge in [-0.1, -0.05) is 12.1 Å². The van der Waals surface area contributed by atoms with Crippen LogP contribution in [0.4, 0.5) is 5.69 Å². The van der Waals surface area contributed by atoms with Crippen LogP contribution in [0, 0.1) is 0 Å². The average Bonchev–Trinajstić information content (AvgIpc) is 3.28. The van der Waals surface area contributed by atoms with Gasteiger partial charge >= 0.3 is 0 Å². The highest BCUT2D eigenvalue weighted by Gasteiger charge is 2.24. The molecule has 0 radical (unpaired) electrons. The molecule has 29 heavy (non-hydrogen) atoms. The van der Waals surface area contributed by atoms with Crippen molar-refractivity contribution in [2.75, 3.05) is 52.8 Å². The van der Waals surface area contributed by atoms with E-state index in [0.717, 1.165) is 13.1 Å². The first-order chi connectivity index (χ1) is 14.0. The molecule has 2 aromatic rings. The number of amides is 1. The van der Waals surface area contributed by atoms with Gasteiger partial charge in [-0.15, -0.1) is 0 Å². The van der Waals surface area contributed by atoms with Gasteiger partial charge in [0.1, 0.15) is 11.5 Å². The van der Waals surface area contributed by atoms with Crippen LogP contribution >= 0.6 is 0 Å². The van der Waals surface area contributed by atoms with Crippen LogP contribution in [0.25, 0.3) is 0 Å². The summed E-state index contributed by atoms with van der Waals surface area (Å²) in [5.74, 6) is 1.08. The number of nitrogens with one attached hydrogen (secondary N) is 1. The normalized spacial score (nSPS) is 15.0. The number of nitrogens with zero attached hydrogens (tertiary/aromatic N) is 2. The van der Waals surface area contributed by atoms with Gasteiger partial charge < -0.3 is 19.7 Å². The van der Waals surface area contributed by atoms with E-state index in [9.17, 15) is 4.79 Å². The number of hydrogen-bond donors (Lipinski definition) is 1. The van der Waals surface area contributed by atoms with E-state index >= 15 is 0 Å². The SMILES string of the molecule is COc1cc(OC)cc(C(=O)NC[C@H](c2ccc(N(C)C)cc2)N2CCCC2)c1. The first-order valence-corrected chi connectivity index (χ1v) is 10.0. The number of likely N-dealkylation sites (tertiary alicyclic amines) is 1. The Kier molecular flexibility index (Phi) is 6.99.